The van der Waals surface area contributed by atoms with Crippen molar-refractivity contribution >= 4 is 5.71 Å². The summed E-state index contributed by atoms with van der Waals surface area (Å²) in [5.74, 6) is 0. The Labute approximate surface area is 120 Å². The van der Waals surface area contributed by atoms with E-state index in [1.807, 2.05) is 18.2 Å². The molecule has 0 bridgehead atoms. The van der Waals surface area contributed by atoms with Crippen LogP contribution in [0.15, 0.2) is 35.0 Å². The first kappa shape index (κ1) is 12.5. The van der Waals surface area contributed by atoms with E-state index in [0.717, 1.165) is 4.74 Å². The molecule has 1 aromatic heterocycles. The number of fused-ring (bicyclic) bond motifs is 3. The molecule has 3 N–H and O–H groups in total. The zero-order valence-electron chi connectivity index (χ0n) is 11.2. The van der Waals surface area contributed by atoms with E-state index in [0.29, 0.717) is 35.5 Å². The molecule has 0 unspecified atom stereocenters. The number of aliphatic hydroxyl groups is 1. The van der Waals surface area contributed by atoms with E-state index in [4.69, 9.17) is 10.4 Å². The molecular formula is C14H14N4O3. The maximum Gasteiger partial charge on any atom is 0.254 e. The number of rotatable bonds is 1. The summed E-state index contributed by atoms with van der Waals surface area (Å²) in [5, 5.41) is 31.3. The highest BCUT2D eigenvalue weighted by molar-refractivity contribution is 5.92. The van der Waals surface area contributed by atoms with Crippen molar-refractivity contribution in [2.75, 3.05) is 0 Å². The minimum atomic E-state index is -1.50. The summed E-state index contributed by atoms with van der Waals surface area (Å²) >= 11 is 0. The van der Waals surface area contributed by atoms with Crippen molar-refractivity contribution in [1.82, 2.24) is 10.3 Å². The molecule has 0 amide bonds. The molecule has 1 aromatic carbocycles. The maximum absolute atomic E-state index is 12.7. The van der Waals surface area contributed by atoms with Crippen LogP contribution in [0.2, 0.25) is 0 Å². The highest BCUT2D eigenvalue weighted by Gasteiger charge is 2.62. The van der Waals surface area contributed by atoms with Crippen LogP contribution < -0.4 is 5.73 Å². The van der Waals surface area contributed by atoms with E-state index >= 15 is 0 Å². The molecule has 1 aliphatic carbocycles. The van der Waals surface area contributed by atoms with Gasteiger partial charge >= 0.3 is 0 Å². The molecule has 108 valence electrons. The first-order valence-electron chi connectivity index (χ1n) is 6.78. The third-order valence-corrected chi connectivity index (χ3v) is 4.43. The molecule has 0 spiro atoms. The molecule has 2 aromatic rings. The number of hydrogen-bond acceptors (Lipinski definition) is 6. The second-order valence-corrected chi connectivity index (χ2v) is 5.63. The Kier molecular flexibility index (Phi) is 2.32. The molecule has 0 radical (unpaired) electrons. The summed E-state index contributed by atoms with van der Waals surface area (Å²) < 4.78 is 5.45. The number of hydroxylamine groups is 1. The topological polar surface area (TPSA) is 111 Å². The van der Waals surface area contributed by atoms with Gasteiger partial charge in [0, 0.05) is 18.4 Å². The average Bonchev–Trinajstić information content (AvgIpc) is 3.04. The number of benzene rings is 1. The molecule has 7 nitrogen and oxygen atoms in total. The third kappa shape index (κ3) is 1.47. The Balaban J connectivity index is 1.90. The van der Waals surface area contributed by atoms with Gasteiger partial charge in [-0.2, -0.15) is 4.74 Å². The van der Waals surface area contributed by atoms with E-state index in [-0.39, 0.29) is 6.42 Å². The van der Waals surface area contributed by atoms with E-state index in [2.05, 4.69) is 10.3 Å². The molecule has 0 saturated carbocycles. The Morgan fingerprint density at radius 3 is 2.76 bits per heavy atom. The first-order chi connectivity index (χ1) is 10.1. The quantitative estimate of drug-likeness (QED) is 0.578. The average molecular weight is 286 g/mol. The summed E-state index contributed by atoms with van der Waals surface area (Å²) in [7, 11) is 0. The van der Waals surface area contributed by atoms with Crippen molar-refractivity contribution in [2.24, 2.45) is 5.73 Å². The molecule has 7 heteroatoms. The van der Waals surface area contributed by atoms with Crippen LogP contribution in [-0.4, -0.2) is 25.9 Å². The second-order valence-electron chi connectivity index (χ2n) is 5.63. The van der Waals surface area contributed by atoms with Gasteiger partial charge in [0.15, 0.2) is 5.69 Å². The number of aryl methyl sites for hydroxylation is 1. The van der Waals surface area contributed by atoms with Crippen molar-refractivity contribution < 1.29 is 14.5 Å². The molecule has 1 aliphatic heterocycles. The summed E-state index contributed by atoms with van der Waals surface area (Å²) in [6.45, 7) is 0. The van der Waals surface area contributed by atoms with Gasteiger partial charge in [0.05, 0.1) is 6.42 Å². The van der Waals surface area contributed by atoms with Crippen molar-refractivity contribution in [3.63, 3.8) is 0 Å². The third-order valence-electron chi connectivity index (χ3n) is 4.43. The van der Waals surface area contributed by atoms with Gasteiger partial charge in [0.1, 0.15) is 5.69 Å². The normalized spacial score (nSPS) is 31.1. The van der Waals surface area contributed by atoms with Gasteiger partial charge in [0.25, 0.3) is 5.66 Å². The molecule has 0 saturated heterocycles. The second kappa shape index (κ2) is 3.90. The fourth-order valence-electron chi connectivity index (χ4n) is 3.37. The molecule has 2 atom stereocenters. The standard InChI is InChI=1S/C14H14N4O3/c15-14(9-4-2-1-3-5-9)8-13(19)11(18(14)20)7-6-10-12(13)17-21-16-10/h1-5,19H,6-8,15H2/t13-,14+/m1/s1. The molecule has 2 heterocycles. The van der Waals surface area contributed by atoms with Crippen LogP contribution in [0.4, 0.5) is 0 Å². The first-order valence-corrected chi connectivity index (χ1v) is 6.78. The minimum absolute atomic E-state index is 0.0318. The monoisotopic (exact) mass is 286 g/mol. The van der Waals surface area contributed by atoms with E-state index < -0.39 is 11.3 Å². The van der Waals surface area contributed by atoms with Crippen molar-refractivity contribution in [2.45, 2.75) is 30.5 Å². The molecule has 4 rings (SSSR count). The SMILES string of the molecule is N[C@@]1(c2ccccc2)C[C@@]2(O)C(=[N+]1[O-])CCc1nonc12. The Morgan fingerprint density at radius 1 is 1.24 bits per heavy atom. The number of nitrogens with zero attached hydrogens (tertiary/aromatic N) is 3. The molecule has 21 heavy (non-hydrogen) atoms. The Bertz CT molecular complexity index is 742. The lowest BCUT2D eigenvalue weighted by atomic mass is 9.80. The van der Waals surface area contributed by atoms with Gasteiger partial charge in [-0.25, -0.2) is 4.63 Å². The summed E-state index contributed by atoms with van der Waals surface area (Å²) in [4.78, 5) is 0. The van der Waals surface area contributed by atoms with Crippen LogP contribution in [0.25, 0.3) is 0 Å². The Hall–Kier alpha value is -2.25. The minimum Gasteiger partial charge on any atom is -0.622 e. The van der Waals surface area contributed by atoms with E-state index in [1.54, 1.807) is 12.1 Å². The molecule has 2 aliphatic rings. The van der Waals surface area contributed by atoms with Crippen LogP contribution in [0.1, 0.15) is 29.8 Å². The summed E-state index contributed by atoms with van der Waals surface area (Å²) in [6.07, 6.45) is 0.942. The predicted octanol–water partition coefficient (Wildman–Crippen LogP) is 0.370. The summed E-state index contributed by atoms with van der Waals surface area (Å²) in [6, 6.07) is 9.06. The predicted molar refractivity (Wildman–Crippen MR) is 72.1 cm³/mol. The lowest BCUT2D eigenvalue weighted by molar-refractivity contribution is -0.550. The van der Waals surface area contributed by atoms with Gasteiger partial charge in [-0.05, 0) is 0 Å². The largest absolute Gasteiger partial charge is 0.622 e. The zero-order valence-corrected chi connectivity index (χ0v) is 11.2. The smallest absolute Gasteiger partial charge is 0.254 e. The van der Waals surface area contributed by atoms with Crippen LogP contribution in [0, 0.1) is 5.21 Å². The lowest BCUT2D eigenvalue weighted by Gasteiger charge is -2.25. The lowest BCUT2D eigenvalue weighted by Crippen LogP contribution is -2.44. The fourth-order valence-corrected chi connectivity index (χ4v) is 3.37. The highest BCUT2D eigenvalue weighted by atomic mass is 16.6. The van der Waals surface area contributed by atoms with Crippen LogP contribution in [0.5, 0.6) is 0 Å². The van der Waals surface area contributed by atoms with E-state index in [1.165, 1.54) is 0 Å². The van der Waals surface area contributed by atoms with Crippen LogP contribution >= 0.6 is 0 Å². The van der Waals surface area contributed by atoms with Crippen LogP contribution in [-0.2, 0) is 17.7 Å². The van der Waals surface area contributed by atoms with Gasteiger partial charge in [-0.1, -0.05) is 40.6 Å². The Morgan fingerprint density at radius 2 is 2.00 bits per heavy atom. The molecular weight excluding hydrogens is 272 g/mol. The van der Waals surface area contributed by atoms with Gasteiger partial charge in [0.2, 0.25) is 11.3 Å². The summed E-state index contributed by atoms with van der Waals surface area (Å²) in [5.41, 5.74) is 5.43. The maximum atomic E-state index is 12.7. The zero-order chi connectivity index (χ0) is 14.7. The van der Waals surface area contributed by atoms with Crippen LogP contribution in [0.3, 0.4) is 0 Å². The van der Waals surface area contributed by atoms with Gasteiger partial charge < -0.3 is 10.3 Å². The van der Waals surface area contributed by atoms with Gasteiger partial charge in [-0.3, -0.25) is 5.73 Å². The number of hydrogen-bond donors (Lipinski definition) is 2. The molecule has 0 fully saturated rings. The highest BCUT2D eigenvalue weighted by Crippen LogP contribution is 2.45. The van der Waals surface area contributed by atoms with Crippen molar-refractivity contribution in [3.05, 3.63) is 52.5 Å². The van der Waals surface area contributed by atoms with Crippen molar-refractivity contribution in [3.8, 4) is 0 Å². The fraction of sp³-hybridized carbons (Fsp3) is 0.357. The number of nitrogens with two attached hydrogens (primary N) is 1. The van der Waals surface area contributed by atoms with Crippen molar-refractivity contribution in [1.29, 1.82) is 0 Å². The number of aromatic nitrogens is 2. The van der Waals surface area contributed by atoms with Gasteiger partial charge in [-0.15, -0.1) is 0 Å². The van der Waals surface area contributed by atoms with E-state index in [9.17, 15) is 10.3 Å².